The van der Waals surface area contributed by atoms with Gasteiger partial charge in [0, 0.05) is 19.3 Å². The second-order valence-electron chi connectivity index (χ2n) is 4.88. The molecule has 2 unspecified atom stereocenters. The lowest BCUT2D eigenvalue weighted by atomic mass is 9.93. The van der Waals surface area contributed by atoms with Crippen molar-refractivity contribution < 1.29 is 14.2 Å². The summed E-state index contributed by atoms with van der Waals surface area (Å²) in [5.74, 6) is 2.35. The maximum absolute atomic E-state index is 5.48. The van der Waals surface area contributed by atoms with E-state index in [1.807, 2.05) is 25.2 Å². The Balaban J connectivity index is 2.24. The van der Waals surface area contributed by atoms with Crippen LogP contribution in [0.4, 0.5) is 0 Å². The van der Waals surface area contributed by atoms with Crippen LogP contribution in [-0.4, -0.2) is 34.5 Å². The predicted octanol–water partition coefficient (Wildman–Crippen LogP) is 2.39. The standard InChI is InChI=1S/C15H23NO3/c1-16-12(9-11-7-8-19-10-11)15-13(17-2)5-4-6-14(15)18-3/h4-6,11-12,16H,7-10H2,1-3H3. The molecule has 4 nitrogen and oxygen atoms in total. The lowest BCUT2D eigenvalue weighted by molar-refractivity contribution is 0.181. The first kappa shape index (κ1) is 14.2. The Kier molecular flexibility index (Phi) is 5.05. The Labute approximate surface area is 115 Å². The number of methoxy groups -OCH3 is 2. The van der Waals surface area contributed by atoms with Gasteiger partial charge in [0.05, 0.1) is 19.8 Å². The maximum atomic E-state index is 5.48. The smallest absolute Gasteiger partial charge is 0.127 e. The van der Waals surface area contributed by atoms with E-state index in [4.69, 9.17) is 14.2 Å². The summed E-state index contributed by atoms with van der Waals surface area (Å²) in [6.45, 7) is 1.74. The maximum Gasteiger partial charge on any atom is 0.127 e. The van der Waals surface area contributed by atoms with Crippen LogP contribution in [0.3, 0.4) is 0 Å². The van der Waals surface area contributed by atoms with Crippen molar-refractivity contribution in [3.63, 3.8) is 0 Å². The molecule has 0 radical (unpaired) electrons. The van der Waals surface area contributed by atoms with Crippen molar-refractivity contribution in [1.29, 1.82) is 0 Å². The molecule has 1 heterocycles. The van der Waals surface area contributed by atoms with Gasteiger partial charge in [0.2, 0.25) is 0 Å². The molecule has 106 valence electrons. The fraction of sp³-hybridized carbons (Fsp3) is 0.600. The number of hydrogen-bond donors (Lipinski definition) is 1. The molecule has 2 atom stereocenters. The zero-order valence-corrected chi connectivity index (χ0v) is 11.9. The monoisotopic (exact) mass is 265 g/mol. The number of rotatable bonds is 6. The first-order valence-electron chi connectivity index (χ1n) is 6.76. The van der Waals surface area contributed by atoms with Gasteiger partial charge in [-0.15, -0.1) is 0 Å². The molecule has 0 aliphatic carbocycles. The van der Waals surface area contributed by atoms with Crippen LogP contribution >= 0.6 is 0 Å². The number of nitrogens with one attached hydrogen (secondary N) is 1. The van der Waals surface area contributed by atoms with Crippen LogP contribution < -0.4 is 14.8 Å². The van der Waals surface area contributed by atoms with Crippen LogP contribution in [0, 0.1) is 5.92 Å². The Bertz CT molecular complexity index is 380. The lowest BCUT2D eigenvalue weighted by Gasteiger charge is -2.23. The zero-order chi connectivity index (χ0) is 13.7. The molecular formula is C15H23NO3. The normalized spacial score (nSPS) is 20.3. The Morgan fingerprint density at radius 3 is 2.47 bits per heavy atom. The highest BCUT2D eigenvalue weighted by molar-refractivity contribution is 5.47. The molecule has 0 bridgehead atoms. The molecule has 1 aromatic rings. The second kappa shape index (κ2) is 6.78. The van der Waals surface area contributed by atoms with E-state index in [2.05, 4.69) is 5.32 Å². The first-order chi connectivity index (χ1) is 9.30. The van der Waals surface area contributed by atoms with Crippen LogP contribution in [0.1, 0.15) is 24.4 Å². The van der Waals surface area contributed by atoms with Crippen molar-refractivity contribution in [3.05, 3.63) is 23.8 Å². The molecular weight excluding hydrogens is 242 g/mol. The van der Waals surface area contributed by atoms with Crippen molar-refractivity contribution in [2.75, 3.05) is 34.5 Å². The van der Waals surface area contributed by atoms with Gasteiger partial charge in [-0.25, -0.2) is 0 Å². The Morgan fingerprint density at radius 2 is 2.00 bits per heavy atom. The van der Waals surface area contributed by atoms with E-state index in [0.717, 1.165) is 43.1 Å². The average molecular weight is 265 g/mol. The molecule has 0 amide bonds. The van der Waals surface area contributed by atoms with Crippen LogP contribution in [0.15, 0.2) is 18.2 Å². The van der Waals surface area contributed by atoms with E-state index in [1.54, 1.807) is 14.2 Å². The SMILES string of the molecule is CNC(CC1CCOC1)c1c(OC)cccc1OC. The van der Waals surface area contributed by atoms with Crippen LogP contribution in [-0.2, 0) is 4.74 Å². The Hall–Kier alpha value is -1.26. The van der Waals surface area contributed by atoms with Crippen molar-refractivity contribution in [2.45, 2.75) is 18.9 Å². The molecule has 1 aromatic carbocycles. The molecule has 1 aliphatic heterocycles. The van der Waals surface area contributed by atoms with E-state index in [1.165, 1.54) is 0 Å². The van der Waals surface area contributed by atoms with Crippen molar-refractivity contribution in [3.8, 4) is 11.5 Å². The topological polar surface area (TPSA) is 39.7 Å². The summed E-state index contributed by atoms with van der Waals surface area (Å²) in [6.07, 6.45) is 2.17. The van der Waals surface area contributed by atoms with E-state index in [9.17, 15) is 0 Å². The lowest BCUT2D eigenvalue weighted by Crippen LogP contribution is -2.21. The van der Waals surface area contributed by atoms with Gasteiger partial charge >= 0.3 is 0 Å². The highest BCUT2D eigenvalue weighted by Crippen LogP contribution is 2.37. The Morgan fingerprint density at radius 1 is 1.32 bits per heavy atom. The first-order valence-corrected chi connectivity index (χ1v) is 6.76. The van der Waals surface area contributed by atoms with E-state index >= 15 is 0 Å². The molecule has 0 saturated carbocycles. The minimum atomic E-state index is 0.220. The van der Waals surface area contributed by atoms with Gasteiger partial charge in [0.25, 0.3) is 0 Å². The molecule has 0 aromatic heterocycles. The van der Waals surface area contributed by atoms with Crippen molar-refractivity contribution >= 4 is 0 Å². The van der Waals surface area contributed by atoms with Crippen molar-refractivity contribution in [2.24, 2.45) is 5.92 Å². The minimum Gasteiger partial charge on any atom is -0.496 e. The molecule has 2 rings (SSSR count). The van der Waals surface area contributed by atoms with Gasteiger partial charge in [-0.2, -0.15) is 0 Å². The second-order valence-corrected chi connectivity index (χ2v) is 4.88. The highest BCUT2D eigenvalue weighted by Gasteiger charge is 2.25. The van der Waals surface area contributed by atoms with Crippen molar-refractivity contribution in [1.82, 2.24) is 5.32 Å². The van der Waals surface area contributed by atoms with Gasteiger partial charge in [-0.3, -0.25) is 0 Å². The summed E-state index contributed by atoms with van der Waals surface area (Å²) in [5, 5.41) is 3.38. The van der Waals surface area contributed by atoms with Gasteiger partial charge < -0.3 is 19.5 Å². The fourth-order valence-electron chi connectivity index (χ4n) is 2.71. The third kappa shape index (κ3) is 3.19. The molecule has 1 fully saturated rings. The van der Waals surface area contributed by atoms with Gasteiger partial charge in [-0.1, -0.05) is 6.07 Å². The largest absolute Gasteiger partial charge is 0.496 e. The molecule has 1 N–H and O–H groups in total. The number of hydrogen-bond acceptors (Lipinski definition) is 4. The summed E-state index contributed by atoms with van der Waals surface area (Å²) < 4.78 is 16.4. The zero-order valence-electron chi connectivity index (χ0n) is 11.9. The molecule has 0 spiro atoms. The van der Waals surface area contributed by atoms with E-state index in [-0.39, 0.29) is 6.04 Å². The summed E-state index contributed by atoms with van der Waals surface area (Å²) >= 11 is 0. The molecule has 4 heteroatoms. The number of ether oxygens (including phenoxy) is 3. The summed E-state index contributed by atoms with van der Waals surface area (Å²) in [6, 6.07) is 6.13. The number of benzene rings is 1. The molecule has 19 heavy (non-hydrogen) atoms. The third-order valence-electron chi connectivity index (χ3n) is 3.76. The highest BCUT2D eigenvalue weighted by atomic mass is 16.5. The molecule has 1 aliphatic rings. The van der Waals surface area contributed by atoms with Crippen LogP contribution in [0.2, 0.25) is 0 Å². The quantitative estimate of drug-likeness (QED) is 0.857. The van der Waals surface area contributed by atoms with Gasteiger partial charge in [0.15, 0.2) is 0 Å². The van der Waals surface area contributed by atoms with E-state index in [0.29, 0.717) is 5.92 Å². The summed E-state index contributed by atoms with van der Waals surface area (Å²) in [4.78, 5) is 0. The van der Waals surface area contributed by atoms with Crippen LogP contribution in [0.5, 0.6) is 11.5 Å². The average Bonchev–Trinajstić information content (AvgIpc) is 2.97. The summed E-state index contributed by atoms with van der Waals surface area (Å²) in [5.41, 5.74) is 1.10. The van der Waals surface area contributed by atoms with Gasteiger partial charge in [0.1, 0.15) is 11.5 Å². The minimum absolute atomic E-state index is 0.220. The predicted molar refractivity (Wildman–Crippen MR) is 74.9 cm³/mol. The molecule has 1 saturated heterocycles. The third-order valence-corrected chi connectivity index (χ3v) is 3.76. The summed E-state index contributed by atoms with van der Waals surface area (Å²) in [7, 11) is 5.37. The fourth-order valence-corrected chi connectivity index (χ4v) is 2.71. The van der Waals surface area contributed by atoms with Gasteiger partial charge in [-0.05, 0) is 37.9 Å². The van der Waals surface area contributed by atoms with Crippen LogP contribution in [0.25, 0.3) is 0 Å². The van der Waals surface area contributed by atoms with E-state index < -0.39 is 0 Å².